The van der Waals surface area contributed by atoms with Crippen LogP contribution in [0.15, 0.2) is 24.3 Å². The van der Waals surface area contributed by atoms with E-state index in [2.05, 4.69) is 23.2 Å². The number of aldehydes is 1. The number of benzene rings is 1. The first-order chi connectivity index (χ1) is 11.2. The minimum Gasteiger partial charge on any atom is -0.325 e. The van der Waals surface area contributed by atoms with Gasteiger partial charge >= 0.3 is 0 Å². The Kier molecular flexibility index (Phi) is 3.52. The van der Waals surface area contributed by atoms with Crippen LogP contribution >= 0.6 is 0 Å². The van der Waals surface area contributed by atoms with Crippen LogP contribution in [0.25, 0.3) is 0 Å². The zero-order chi connectivity index (χ0) is 16.0. The Morgan fingerprint density at radius 1 is 1.35 bits per heavy atom. The summed E-state index contributed by atoms with van der Waals surface area (Å²) < 4.78 is 0. The lowest BCUT2D eigenvalue weighted by atomic mass is 9.68. The molecule has 1 aromatic carbocycles. The van der Waals surface area contributed by atoms with Crippen molar-refractivity contribution in [2.75, 3.05) is 18.4 Å². The highest BCUT2D eigenvalue weighted by Gasteiger charge is 2.59. The van der Waals surface area contributed by atoms with E-state index < -0.39 is 5.41 Å². The number of nitrogens with one attached hydrogen (secondary N) is 1. The quantitative estimate of drug-likeness (QED) is 0.873. The fourth-order valence-corrected chi connectivity index (χ4v) is 5.24. The van der Waals surface area contributed by atoms with E-state index >= 15 is 0 Å². The van der Waals surface area contributed by atoms with Gasteiger partial charge in [-0.05, 0) is 42.9 Å². The van der Waals surface area contributed by atoms with Gasteiger partial charge in [0.25, 0.3) is 0 Å². The molecule has 0 aliphatic carbocycles. The molecule has 0 bridgehead atoms. The van der Waals surface area contributed by atoms with Gasteiger partial charge in [-0.2, -0.15) is 0 Å². The Balaban J connectivity index is 1.72. The minimum absolute atomic E-state index is 0.158. The van der Waals surface area contributed by atoms with Crippen LogP contribution in [0.3, 0.4) is 0 Å². The largest absolute Gasteiger partial charge is 0.325 e. The highest BCUT2D eigenvalue weighted by molar-refractivity contribution is 6.07. The molecule has 2 saturated heterocycles. The predicted molar refractivity (Wildman–Crippen MR) is 89.3 cm³/mol. The summed E-state index contributed by atoms with van der Waals surface area (Å²) in [5.74, 6) is 1.14. The Bertz CT molecular complexity index is 644. The molecule has 4 rings (SSSR count). The van der Waals surface area contributed by atoms with Gasteiger partial charge in [0.15, 0.2) is 0 Å². The number of para-hydroxylation sites is 1. The highest BCUT2D eigenvalue weighted by atomic mass is 16.2. The summed E-state index contributed by atoms with van der Waals surface area (Å²) in [6.45, 7) is 4.22. The molecule has 3 aliphatic rings. The van der Waals surface area contributed by atoms with Gasteiger partial charge in [-0.15, -0.1) is 0 Å². The summed E-state index contributed by atoms with van der Waals surface area (Å²) in [5, 5.41) is 3.10. The second kappa shape index (κ2) is 5.45. The van der Waals surface area contributed by atoms with E-state index in [0.29, 0.717) is 18.3 Å². The SMILES string of the molecule is CCC1CN2CCC3(C(=O)Nc4ccccc43)C2CC1CC=O. The van der Waals surface area contributed by atoms with Crippen molar-refractivity contribution in [3.05, 3.63) is 29.8 Å². The molecule has 4 heteroatoms. The van der Waals surface area contributed by atoms with Gasteiger partial charge < -0.3 is 10.1 Å². The maximum absolute atomic E-state index is 12.9. The van der Waals surface area contributed by atoms with Crippen LogP contribution in [0.1, 0.15) is 38.2 Å². The number of piperidine rings is 1. The van der Waals surface area contributed by atoms with Gasteiger partial charge in [0, 0.05) is 24.7 Å². The van der Waals surface area contributed by atoms with Crippen molar-refractivity contribution in [1.29, 1.82) is 0 Å². The monoisotopic (exact) mass is 312 g/mol. The number of rotatable bonds is 3. The van der Waals surface area contributed by atoms with E-state index in [-0.39, 0.29) is 11.9 Å². The van der Waals surface area contributed by atoms with E-state index in [1.807, 2.05) is 18.2 Å². The third-order valence-corrected chi connectivity index (χ3v) is 6.45. The van der Waals surface area contributed by atoms with Gasteiger partial charge in [-0.25, -0.2) is 0 Å². The number of hydrogen-bond donors (Lipinski definition) is 1. The standard InChI is InChI=1S/C19H24N2O2/c1-2-13-12-21-9-8-19(17(21)11-14(13)7-10-22)15-5-3-4-6-16(15)20-18(19)23/h3-6,10,13-14,17H,2,7-9,11-12H2,1H3,(H,20,23). The molecule has 1 amide bonds. The number of carbonyl (C=O) groups excluding carboxylic acids is 2. The van der Waals surface area contributed by atoms with Crippen LogP contribution in [-0.2, 0) is 15.0 Å². The molecular formula is C19H24N2O2. The zero-order valence-electron chi connectivity index (χ0n) is 13.6. The average Bonchev–Trinajstić information content (AvgIpc) is 3.07. The Hall–Kier alpha value is -1.68. The van der Waals surface area contributed by atoms with Crippen molar-refractivity contribution < 1.29 is 9.59 Å². The Morgan fingerprint density at radius 2 is 2.17 bits per heavy atom. The molecule has 1 spiro atoms. The summed E-state index contributed by atoms with van der Waals surface area (Å²) in [5.41, 5.74) is 1.73. The van der Waals surface area contributed by atoms with Gasteiger partial charge in [0.1, 0.15) is 6.29 Å². The summed E-state index contributed by atoms with van der Waals surface area (Å²) >= 11 is 0. The predicted octanol–water partition coefficient (Wildman–Crippen LogP) is 2.59. The van der Waals surface area contributed by atoms with Crippen LogP contribution < -0.4 is 5.32 Å². The van der Waals surface area contributed by atoms with Crippen LogP contribution in [0, 0.1) is 11.8 Å². The van der Waals surface area contributed by atoms with E-state index in [1.165, 1.54) is 0 Å². The van der Waals surface area contributed by atoms with E-state index in [0.717, 1.165) is 49.9 Å². The van der Waals surface area contributed by atoms with Gasteiger partial charge in [0.05, 0.1) is 5.41 Å². The number of amides is 1. The molecule has 0 aromatic heterocycles. The van der Waals surface area contributed by atoms with Gasteiger partial charge in [-0.1, -0.05) is 31.5 Å². The van der Waals surface area contributed by atoms with Crippen LogP contribution in [-0.4, -0.2) is 36.2 Å². The van der Waals surface area contributed by atoms with Crippen molar-refractivity contribution in [1.82, 2.24) is 4.90 Å². The van der Waals surface area contributed by atoms with Crippen molar-refractivity contribution in [3.8, 4) is 0 Å². The van der Waals surface area contributed by atoms with Gasteiger partial charge in [0.2, 0.25) is 5.91 Å². The molecule has 2 fully saturated rings. The molecule has 122 valence electrons. The molecule has 0 radical (unpaired) electrons. The lowest BCUT2D eigenvalue weighted by Crippen LogP contribution is -2.53. The fraction of sp³-hybridized carbons (Fsp3) is 0.579. The van der Waals surface area contributed by atoms with E-state index in [1.54, 1.807) is 0 Å². The molecule has 3 aliphatic heterocycles. The number of fused-ring (bicyclic) bond motifs is 4. The molecule has 3 heterocycles. The minimum atomic E-state index is -0.406. The van der Waals surface area contributed by atoms with Crippen LogP contribution in [0.4, 0.5) is 5.69 Å². The third-order valence-electron chi connectivity index (χ3n) is 6.45. The van der Waals surface area contributed by atoms with E-state index in [4.69, 9.17) is 0 Å². The first-order valence-corrected chi connectivity index (χ1v) is 8.79. The number of anilines is 1. The maximum Gasteiger partial charge on any atom is 0.236 e. The topological polar surface area (TPSA) is 49.4 Å². The van der Waals surface area contributed by atoms with Crippen LogP contribution in [0.2, 0.25) is 0 Å². The fourth-order valence-electron chi connectivity index (χ4n) is 5.24. The first-order valence-electron chi connectivity index (χ1n) is 8.79. The van der Waals surface area contributed by atoms with Crippen molar-refractivity contribution >= 4 is 17.9 Å². The van der Waals surface area contributed by atoms with Crippen molar-refractivity contribution in [2.45, 2.75) is 44.1 Å². The second-order valence-electron chi connectivity index (χ2n) is 7.30. The number of nitrogens with zero attached hydrogens (tertiary/aromatic N) is 1. The number of hydrogen-bond acceptors (Lipinski definition) is 3. The third kappa shape index (κ3) is 2.01. The molecule has 1 aromatic rings. The average molecular weight is 312 g/mol. The number of carbonyl (C=O) groups is 2. The summed E-state index contributed by atoms with van der Waals surface area (Å²) in [4.78, 5) is 26.5. The summed E-state index contributed by atoms with van der Waals surface area (Å²) in [6.07, 6.45) is 4.65. The molecule has 23 heavy (non-hydrogen) atoms. The Labute approximate surface area is 137 Å². The van der Waals surface area contributed by atoms with E-state index in [9.17, 15) is 9.59 Å². The highest BCUT2D eigenvalue weighted by Crippen LogP contribution is 2.52. The maximum atomic E-state index is 12.9. The lowest BCUT2D eigenvalue weighted by Gasteiger charge is -2.44. The summed E-state index contributed by atoms with van der Waals surface area (Å²) in [7, 11) is 0. The second-order valence-corrected chi connectivity index (χ2v) is 7.30. The van der Waals surface area contributed by atoms with Crippen molar-refractivity contribution in [3.63, 3.8) is 0 Å². The smallest absolute Gasteiger partial charge is 0.236 e. The Morgan fingerprint density at radius 3 is 2.96 bits per heavy atom. The molecule has 4 atom stereocenters. The van der Waals surface area contributed by atoms with Crippen LogP contribution in [0.5, 0.6) is 0 Å². The normalized spacial score (nSPS) is 35.9. The molecule has 0 saturated carbocycles. The lowest BCUT2D eigenvalue weighted by molar-refractivity contribution is -0.122. The molecular weight excluding hydrogens is 288 g/mol. The molecule has 4 unspecified atom stereocenters. The zero-order valence-corrected chi connectivity index (χ0v) is 13.6. The molecule has 1 N–H and O–H groups in total. The first kappa shape index (κ1) is 14.9. The van der Waals surface area contributed by atoms with Gasteiger partial charge in [-0.3, -0.25) is 9.69 Å². The molecule has 4 nitrogen and oxygen atoms in total. The summed E-state index contributed by atoms with van der Waals surface area (Å²) in [6, 6.07) is 8.36. The van der Waals surface area contributed by atoms with Crippen molar-refractivity contribution in [2.24, 2.45) is 11.8 Å².